The highest BCUT2D eigenvalue weighted by Crippen LogP contribution is 2.18. The van der Waals surface area contributed by atoms with Gasteiger partial charge in [-0.15, -0.1) is 0 Å². The van der Waals surface area contributed by atoms with Crippen LogP contribution in [0.25, 0.3) is 6.08 Å². The lowest BCUT2D eigenvalue weighted by atomic mass is 10.1. The molecule has 0 bridgehead atoms. The lowest BCUT2D eigenvalue weighted by Crippen LogP contribution is -2.14. The average Bonchev–Trinajstić information content (AvgIpc) is 3.26. The zero-order chi connectivity index (χ0) is 25.5. The van der Waals surface area contributed by atoms with Crippen LogP contribution in [0.1, 0.15) is 56.2 Å². The fourth-order valence-electron chi connectivity index (χ4n) is 4.18. The monoisotopic (exact) mass is 477 g/mol. The van der Waals surface area contributed by atoms with E-state index in [0.29, 0.717) is 18.7 Å². The molecule has 0 aliphatic rings. The molecule has 0 atom stereocenters. The summed E-state index contributed by atoms with van der Waals surface area (Å²) in [5, 5.41) is 4.62. The van der Waals surface area contributed by atoms with Gasteiger partial charge in [0.2, 0.25) is 5.78 Å². The molecule has 0 spiro atoms. The third-order valence-corrected chi connectivity index (χ3v) is 6.23. The van der Waals surface area contributed by atoms with Crippen LogP contribution in [-0.4, -0.2) is 46.4 Å². The van der Waals surface area contributed by atoms with Gasteiger partial charge in [-0.1, -0.05) is 29.8 Å². The Hall–Kier alpha value is -3.45. The maximum absolute atomic E-state index is 12.7. The van der Waals surface area contributed by atoms with Crippen molar-refractivity contribution in [1.29, 1.82) is 0 Å². The fourth-order valence-corrected chi connectivity index (χ4v) is 4.18. The van der Waals surface area contributed by atoms with E-state index in [1.165, 1.54) is 11.6 Å². The van der Waals surface area contributed by atoms with Crippen molar-refractivity contribution in [2.24, 2.45) is 0 Å². The summed E-state index contributed by atoms with van der Waals surface area (Å²) in [6, 6.07) is 10.2. The molecule has 35 heavy (non-hydrogen) atoms. The summed E-state index contributed by atoms with van der Waals surface area (Å²) in [5.41, 5.74) is 7.50. The predicted molar refractivity (Wildman–Crippen MR) is 137 cm³/mol. The second-order valence-electron chi connectivity index (χ2n) is 8.87. The first-order valence-electron chi connectivity index (χ1n) is 11.8. The molecule has 0 saturated carbocycles. The maximum Gasteiger partial charge on any atom is 0.331 e. The number of rotatable bonds is 11. The van der Waals surface area contributed by atoms with Crippen LogP contribution in [-0.2, 0) is 27.4 Å². The van der Waals surface area contributed by atoms with Crippen LogP contribution in [0.4, 0.5) is 0 Å². The smallest absolute Gasteiger partial charge is 0.331 e. The van der Waals surface area contributed by atoms with Crippen LogP contribution in [0.15, 0.2) is 36.4 Å². The molecular formula is C28H35N3O4. The number of Topliss-reactive ketones (excluding diaryl/α,β-unsaturated/α-hetero) is 1. The van der Waals surface area contributed by atoms with Crippen molar-refractivity contribution < 1.29 is 19.1 Å². The number of benzene rings is 1. The lowest BCUT2D eigenvalue weighted by molar-refractivity contribution is -0.136. The van der Waals surface area contributed by atoms with Crippen LogP contribution in [0, 0.1) is 34.6 Å². The molecule has 2 heterocycles. The van der Waals surface area contributed by atoms with Gasteiger partial charge in [0.15, 0.2) is 6.61 Å². The van der Waals surface area contributed by atoms with E-state index in [1.54, 1.807) is 13.2 Å². The number of hydrogen-bond acceptors (Lipinski definition) is 5. The van der Waals surface area contributed by atoms with E-state index in [-0.39, 0.29) is 12.4 Å². The number of ether oxygens (including phenoxy) is 2. The highest BCUT2D eigenvalue weighted by molar-refractivity contribution is 6.00. The molecular weight excluding hydrogens is 442 g/mol. The van der Waals surface area contributed by atoms with Gasteiger partial charge in [0, 0.05) is 54.5 Å². The lowest BCUT2D eigenvalue weighted by Gasteiger charge is -2.09. The summed E-state index contributed by atoms with van der Waals surface area (Å²) in [6.07, 6.45) is 3.92. The van der Waals surface area contributed by atoms with Crippen LogP contribution in [0.2, 0.25) is 0 Å². The highest BCUT2D eigenvalue weighted by atomic mass is 16.5. The minimum atomic E-state index is -0.558. The Labute approximate surface area is 207 Å². The van der Waals surface area contributed by atoms with E-state index in [9.17, 15) is 9.59 Å². The van der Waals surface area contributed by atoms with Crippen molar-refractivity contribution in [2.45, 2.75) is 54.1 Å². The molecule has 0 saturated heterocycles. The second-order valence-corrected chi connectivity index (χ2v) is 8.87. The molecule has 1 aromatic carbocycles. The van der Waals surface area contributed by atoms with Crippen molar-refractivity contribution in [3.05, 3.63) is 81.4 Å². The Morgan fingerprint density at radius 1 is 1.03 bits per heavy atom. The fraction of sp³-hybridized carbons (Fsp3) is 0.393. The SMILES string of the molecule is COCCCn1c(C)cc(C(=O)COC(=O)/C=C/c2c(C)nn(Cc3ccc(C)cc3)c2C)c1C. The third-order valence-electron chi connectivity index (χ3n) is 6.23. The van der Waals surface area contributed by atoms with Gasteiger partial charge in [0.1, 0.15) is 0 Å². The number of ketones is 1. The van der Waals surface area contributed by atoms with E-state index in [0.717, 1.165) is 46.9 Å². The number of carbonyl (C=O) groups is 2. The van der Waals surface area contributed by atoms with E-state index < -0.39 is 5.97 Å². The van der Waals surface area contributed by atoms with Gasteiger partial charge in [0.05, 0.1) is 12.2 Å². The minimum absolute atomic E-state index is 0.212. The maximum atomic E-state index is 12.7. The van der Waals surface area contributed by atoms with E-state index in [4.69, 9.17) is 9.47 Å². The summed E-state index contributed by atoms with van der Waals surface area (Å²) < 4.78 is 14.4. The van der Waals surface area contributed by atoms with Gasteiger partial charge in [-0.3, -0.25) is 9.48 Å². The van der Waals surface area contributed by atoms with Gasteiger partial charge in [-0.05, 0) is 58.7 Å². The summed E-state index contributed by atoms with van der Waals surface area (Å²) in [5.74, 6) is -0.770. The largest absolute Gasteiger partial charge is 0.454 e. The first kappa shape index (κ1) is 26.2. The zero-order valence-electron chi connectivity index (χ0n) is 21.6. The Morgan fingerprint density at radius 2 is 1.74 bits per heavy atom. The summed E-state index contributed by atoms with van der Waals surface area (Å²) >= 11 is 0. The molecule has 0 amide bonds. The number of methoxy groups -OCH3 is 1. The quantitative estimate of drug-likeness (QED) is 0.172. The Bertz CT molecular complexity index is 1220. The molecule has 3 aromatic rings. The molecule has 0 fully saturated rings. The molecule has 0 aliphatic heterocycles. The first-order chi connectivity index (χ1) is 16.7. The van der Waals surface area contributed by atoms with Crippen molar-refractivity contribution in [3.8, 4) is 0 Å². The third kappa shape index (κ3) is 6.57. The molecule has 0 aliphatic carbocycles. The molecule has 0 unspecified atom stereocenters. The molecule has 0 radical (unpaired) electrons. The van der Waals surface area contributed by atoms with Crippen molar-refractivity contribution in [1.82, 2.24) is 14.3 Å². The standard InChI is InChI=1S/C28H35N3O4/c1-19-8-10-24(11-9-19)17-31-23(5)25(21(3)29-31)12-13-28(33)35-18-27(32)26-16-20(2)30(22(26)4)14-7-15-34-6/h8-13,16H,7,14-15,17-18H2,1-6H3/b13-12+. The Kier molecular flexibility index (Phi) is 8.82. The first-order valence-corrected chi connectivity index (χ1v) is 11.8. The Morgan fingerprint density at radius 3 is 2.43 bits per heavy atom. The number of aromatic nitrogens is 3. The second kappa shape index (κ2) is 11.8. The van der Waals surface area contributed by atoms with Gasteiger partial charge in [0.25, 0.3) is 0 Å². The van der Waals surface area contributed by atoms with Gasteiger partial charge in [-0.25, -0.2) is 4.79 Å². The van der Waals surface area contributed by atoms with Crippen molar-refractivity contribution in [2.75, 3.05) is 20.3 Å². The van der Waals surface area contributed by atoms with Crippen LogP contribution >= 0.6 is 0 Å². The molecule has 7 nitrogen and oxygen atoms in total. The van der Waals surface area contributed by atoms with E-state index >= 15 is 0 Å². The van der Waals surface area contributed by atoms with Crippen molar-refractivity contribution in [3.63, 3.8) is 0 Å². The predicted octanol–water partition coefficient (Wildman–Crippen LogP) is 4.75. The number of aryl methyl sites for hydroxylation is 3. The normalized spacial score (nSPS) is 11.4. The zero-order valence-corrected chi connectivity index (χ0v) is 21.6. The number of nitrogens with zero attached hydrogens (tertiary/aromatic N) is 3. The molecule has 186 valence electrons. The molecule has 0 N–H and O–H groups in total. The van der Waals surface area contributed by atoms with Crippen LogP contribution in [0.3, 0.4) is 0 Å². The van der Waals surface area contributed by atoms with Crippen molar-refractivity contribution >= 4 is 17.8 Å². The molecule has 7 heteroatoms. The summed E-state index contributed by atoms with van der Waals surface area (Å²) in [7, 11) is 1.67. The summed E-state index contributed by atoms with van der Waals surface area (Å²) in [6.45, 7) is 11.6. The van der Waals surface area contributed by atoms with Gasteiger partial charge >= 0.3 is 5.97 Å². The Balaban J connectivity index is 1.60. The number of carbonyl (C=O) groups excluding carboxylic acids is 2. The van der Waals surface area contributed by atoms with Gasteiger partial charge < -0.3 is 14.0 Å². The highest BCUT2D eigenvalue weighted by Gasteiger charge is 2.17. The topological polar surface area (TPSA) is 75.3 Å². The average molecular weight is 478 g/mol. The molecule has 2 aromatic heterocycles. The van der Waals surface area contributed by atoms with Crippen LogP contribution < -0.4 is 0 Å². The summed E-state index contributed by atoms with van der Waals surface area (Å²) in [4.78, 5) is 25.0. The minimum Gasteiger partial charge on any atom is -0.454 e. The number of hydrogen-bond donors (Lipinski definition) is 0. The number of esters is 1. The molecule has 3 rings (SSSR count). The van der Waals surface area contributed by atoms with Crippen LogP contribution in [0.5, 0.6) is 0 Å². The van der Waals surface area contributed by atoms with Gasteiger partial charge in [-0.2, -0.15) is 5.10 Å². The van der Waals surface area contributed by atoms with E-state index in [2.05, 4.69) is 40.9 Å². The van der Waals surface area contributed by atoms with E-state index in [1.807, 2.05) is 38.4 Å².